The van der Waals surface area contributed by atoms with Gasteiger partial charge < -0.3 is 24.4 Å². The Bertz CT molecular complexity index is 1150. The van der Waals surface area contributed by atoms with Crippen LogP contribution in [-0.4, -0.2) is 24.5 Å². The fourth-order valence-electron chi connectivity index (χ4n) is 3.33. The Morgan fingerprint density at radius 1 is 1.13 bits per heavy atom. The molecule has 0 spiro atoms. The van der Waals surface area contributed by atoms with Gasteiger partial charge in [-0.2, -0.15) is 0 Å². The van der Waals surface area contributed by atoms with Crippen molar-refractivity contribution in [2.24, 2.45) is 5.92 Å². The number of rotatable bonds is 8. The summed E-state index contributed by atoms with van der Waals surface area (Å²) < 4.78 is 11.0. The van der Waals surface area contributed by atoms with Gasteiger partial charge in [-0.05, 0) is 36.1 Å². The van der Waals surface area contributed by atoms with Crippen molar-refractivity contribution in [1.82, 2.24) is 5.32 Å². The number of amides is 1. The number of hydrogen-bond acceptors (Lipinski definition) is 6. The molecule has 3 rings (SSSR count). The minimum atomic E-state index is -1.35. The molecule has 31 heavy (non-hydrogen) atoms. The highest BCUT2D eigenvalue weighted by molar-refractivity contribution is 5.84. The summed E-state index contributed by atoms with van der Waals surface area (Å²) in [6.45, 7) is 4.83. The number of carboxylic acid groups (broad SMARTS) is 1. The number of nitrogens with one attached hydrogen (secondary N) is 1. The van der Waals surface area contributed by atoms with Gasteiger partial charge in [0.15, 0.2) is 6.61 Å². The number of carboxylic acids is 1. The summed E-state index contributed by atoms with van der Waals surface area (Å²) in [5.74, 6) is -1.93. The highest BCUT2D eigenvalue weighted by Gasteiger charge is 2.18. The lowest BCUT2D eigenvalue weighted by Crippen LogP contribution is -2.51. The number of carbonyl (C=O) groups is 2. The molecule has 2 aromatic carbocycles. The van der Waals surface area contributed by atoms with Gasteiger partial charge in [0.05, 0.1) is 12.0 Å². The molecule has 0 unspecified atom stereocenters. The topological polar surface area (TPSA) is 109 Å². The van der Waals surface area contributed by atoms with Gasteiger partial charge >= 0.3 is 5.63 Å². The summed E-state index contributed by atoms with van der Waals surface area (Å²) >= 11 is 0. The zero-order valence-corrected chi connectivity index (χ0v) is 17.6. The molecule has 7 heteroatoms. The third-order valence-electron chi connectivity index (χ3n) is 5.09. The lowest BCUT2D eigenvalue weighted by Gasteiger charge is -2.23. The van der Waals surface area contributed by atoms with E-state index >= 15 is 0 Å². The predicted octanol–water partition coefficient (Wildman–Crippen LogP) is 1.96. The largest absolute Gasteiger partial charge is 0.548 e. The summed E-state index contributed by atoms with van der Waals surface area (Å²) in [6, 6.07) is 13.6. The van der Waals surface area contributed by atoms with Crippen LogP contribution < -0.4 is 20.8 Å². The molecule has 0 fully saturated rings. The van der Waals surface area contributed by atoms with Gasteiger partial charge in [0.1, 0.15) is 11.3 Å². The van der Waals surface area contributed by atoms with Crippen LogP contribution in [-0.2, 0) is 16.0 Å². The third-order valence-corrected chi connectivity index (χ3v) is 5.09. The molecule has 0 aliphatic carbocycles. The Morgan fingerprint density at radius 2 is 1.84 bits per heavy atom. The smallest absolute Gasteiger partial charge is 0.340 e. The minimum Gasteiger partial charge on any atom is -0.548 e. The van der Waals surface area contributed by atoms with Crippen LogP contribution in [0.2, 0.25) is 0 Å². The average molecular weight is 422 g/mol. The van der Waals surface area contributed by atoms with Crippen molar-refractivity contribution >= 4 is 22.8 Å². The van der Waals surface area contributed by atoms with E-state index in [1.807, 2.05) is 37.3 Å². The highest BCUT2D eigenvalue weighted by atomic mass is 16.5. The first kappa shape index (κ1) is 22.1. The third kappa shape index (κ3) is 5.31. The summed E-state index contributed by atoms with van der Waals surface area (Å²) in [7, 11) is 0. The highest BCUT2D eigenvalue weighted by Crippen LogP contribution is 2.25. The maximum Gasteiger partial charge on any atom is 0.340 e. The molecular formula is C24H24NO6-. The van der Waals surface area contributed by atoms with Crippen LogP contribution in [0.15, 0.2) is 57.7 Å². The van der Waals surface area contributed by atoms with E-state index in [1.165, 1.54) is 0 Å². The summed E-state index contributed by atoms with van der Waals surface area (Å²) in [4.78, 5) is 35.7. The molecule has 0 aliphatic rings. The molecule has 0 saturated carbocycles. The van der Waals surface area contributed by atoms with Gasteiger partial charge in [-0.3, -0.25) is 4.79 Å². The molecule has 0 bridgehead atoms. The lowest BCUT2D eigenvalue weighted by molar-refractivity contribution is -0.309. The Morgan fingerprint density at radius 3 is 2.48 bits per heavy atom. The molecule has 0 saturated heterocycles. The van der Waals surface area contributed by atoms with Gasteiger partial charge in [-0.1, -0.05) is 44.2 Å². The number of benzene rings is 2. The van der Waals surface area contributed by atoms with Gasteiger partial charge in [-0.25, -0.2) is 4.79 Å². The van der Waals surface area contributed by atoms with Crippen LogP contribution in [0.3, 0.4) is 0 Å². The number of ether oxygens (including phenoxy) is 1. The Labute approximate surface area is 179 Å². The fraction of sp³-hybridized carbons (Fsp3) is 0.292. The molecular weight excluding hydrogens is 398 g/mol. The van der Waals surface area contributed by atoms with Gasteiger partial charge in [-0.15, -0.1) is 0 Å². The molecule has 1 heterocycles. The van der Waals surface area contributed by atoms with Crippen LogP contribution in [0.25, 0.3) is 11.0 Å². The normalized spacial score (nSPS) is 12.0. The molecule has 1 atom stereocenters. The molecule has 1 amide bonds. The monoisotopic (exact) mass is 422 g/mol. The van der Waals surface area contributed by atoms with Gasteiger partial charge in [0.25, 0.3) is 5.91 Å². The quantitative estimate of drug-likeness (QED) is 0.556. The summed E-state index contributed by atoms with van der Waals surface area (Å²) in [5.41, 5.74) is 2.37. The second-order valence-electron chi connectivity index (χ2n) is 7.71. The first-order valence-electron chi connectivity index (χ1n) is 9.99. The Kier molecular flexibility index (Phi) is 6.74. The van der Waals surface area contributed by atoms with Crippen LogP contribution >= 0.6 is 0 Å². The Balaban J connectivity index is 1.76. The average Bonchev–Trinajstić information content (AvgIpc) is 2.73. The summed E-state index contributed by atoms with van der Waals surface area (Å²) in [6.07, 6.45) is 0.471. The number of aryl methyl sites for hydroxylation is 1. The zero-order chi connectivity index (χ0) is 22.5. The first-order chi connectivity index (χ1) is 14.8. The van der Waals surface area contributed by atoms with Gasteiger partial charge in [0, 0.05) is 23.4 Å². The van der Waals surface area contributed by atoms with Crippen molar-refractivity contribution in [3.63, 3.8) is 0 Å². The Hall–Kier alpha value is -3.61. The van der Waals surface area contributed by atoms with Crippen LogP contribution in [0.5, 0.6) is 5.75 Å². The minimum absolute atomic E-state index is 0.322. The fourth-order valence-corrected chi connectivity index (χ4v) is 3.33. The van der Waals surface area contributed by atoms with E-state index in [4.69, 9.17) is 9.15 Å². The molecule has 162 valence electrons. The van der Waals surface area contributed by atoms with Crippen molar-refractivity contribution in [3.05, 3.63) is 75.6 Å². The number of aliphatic carboxylic acids is 1. The maximum atomic E-state index is 12.6. The van der Waals surface area contributed by atoms with Crippen molar-refractivity contribution in [3.8, 4) is 5.75 Å². The van der Waals surface area contributed by atoms with E-state index in [2.05, 4.69) is 5.32 Å². The maximum absolute atomic E-state index is 12.6. The number of carbonyl (C=O) groups excluding carboxylic acids is 2. The first-order valence-corrected chi connectivity index (χ1v) is 9.99. The molecule has 1 N–H and O–H groups in total. The van der Waals surface area contributed by atoms with E-state index in [9.17, 15) is 19.5 Å². The van der Waals surface area contributed by atoms with Crippen molar-refractivity contribution < 1.29 is 23.8 Å². The molecule has 0 radical (unpaired) electrons. The van der Waals surface area contributed by atoms with E-state index in [1.54, 1.807) is 32.0 Å². The standard InChI is InChI=1S/C24H25NO6/c1-14(2)22(23(27)28)25-21(26)13-30-17-9-10-18-15(3)19(24(29)31-20(18)12-17)11-16-7-5-4-6-8-16/h4-10,12,14,22H,11,13H2,1-3H3,(H,25,26)(H,27,28)/p-1/t22-/m0/s1. The van der Waals surface area contributed by atoms with Crippen LogP contribution in [0, 0.1) is 12.8 Å². The number of hydrogen-bond donors (Lipinski definition) is 1. The molecule has 0 aliphatic heterocycles. The predicted molar refractivity (Wildman–Crippen MR) is 114 cm³/mol. The molecule has 3 aromatic rings. The van der Waals surface area contributed by atoms with Crippen molar-refractivity contribution in [2.45, 2.75) is 33.2 Å². The number of fused-ring (bicyclic) bond motifs is 1. The molecule has 7 nitrogen and oxygen atoms in total. The van der Waals surface area contributed by atoms with E-state index in [-0.39, 0.29) is 12.5 Å². The van der Waals surface area contributed by atoms with Crippen molar-refractivity contribution in [2.75, 3.05) is 6.61 Å². The second kappa shape index (κ2) is 9.47. The van der Waals surface area contributed by atoms with E-state index in [0.717, 1.165) is 16.5 Å². The second-order valence-corrected chi connectivity index (χ2v) is 7.71. The summed E-state index contributed by atoms with van der Waals surface area (Å²) in [5, 5.41) is 14.2. The van der Waals surface area contributed by atoms with Crippen LogP contribution in [0.4, 0.5) is 0 Å². The van der Waals surface area contributed by atoms with Crippen LogP contribution in [0.1, 0.15) is 30.5 Å². The zero-order valence-electron chi connectivity index (χ0n) is 17.6. The van der Waals surface area contributed by atoms with Gasteiger partial charge in [0.2, 0.25) is 0 Å². The lowest BCUT2D eigenvalue weighted by atomic mass is 10.00. The SMILES string of the molecule is Cc1c(Cc2ccccc2)c(=O)oc2cc(OCC(=O)N[C@H](C(=O)[O-])C(C)C)ccc12. The molecule has 1 aromatic heterocycles. The van der Waals surface area contributed by atoms with Crippen molar-refractivity contribution in [1.29, 1.82) is 0 Å². The van der Waals surface area contributed by atoms with E-state index < -0.39 is 23.5 Å². The van der Waals surface area contributed by atoms with E-state index in [0.29, 0.717) is 23.3 Å².